The molecule has 0 saturated carbocycles. The molecule has 7 N–H and O–H groups in total. The van der Waals surface area contributed by atoms with E-state index in [2.05, 4.69) is 14.6 Å². The van der Waals surface area contributed by atoms with Crippen LogP contribution in [-0.4, -0.2) is 55.0 Å². The van der Waals surface area contributed by atoms with Crippen LogP contribution in [0.4, 0.5) is 0 Å². The minimum absolute atomic E-state index is 0.00262. The van der Waals surface area contributed by atoms with Gasteiger partial charge < -0.3 is 29.8 Å². The Labute approximate surface area is 169 Å². The molecule has 1 aromatic heterocycles. The van der Waals surface area contributed by atoms with Crippen LogP contribution in [0.5, 0.6) is 0 Å². The van der Waals surface area contributed by atoms with Crippen molar-refractivity contribution in [1.29, 1.82) is 0 Å². The molecule has 11 nitrogen and oxygen atoms in total. The van der Waals surface area contributed by atoms with E-state index in [-0.39, 0.29) is 37.5 Å². The first kappa shape index (κ1) is 23.1. The van der Waals surface area contributed by atoms with Crippen molar-refractivity contribution >= 4 is 25.5 Å². The molecule has 1 unspecified atom stereocenters. The van der Waals surface area contributed by atoms with E-state index in [0.29, 0.717) is 11.0 Å². The summed E-state index contributed by atoms with van der Waals surface area (Å²) in [6.45, 7) is 4.08. The lowest BCUT2D eigenvalue weighted by atomic mass is 10.1. The number of hydrazone groups is 1. The van der Waals surface area contributed by atoms with E-state index >= 15 is 0 Å². The van der Waals surface area contributed by atoms with Gasteiger partial charge in [-0.2, -0.15) is 5.10 Å². The molecule has 0 saturated heterocycles. The number of aromatic nitrogens is 2. The standard InChI is InChI=1S/C17H27N6O5P/c1-10-8-13-14(9-11(10)2)23(6-4-12(24)5-7-28-29(26)27)17(25)15(20-13)16(21-18)22(3)19/h8-9,12,24,26-27H,4-7,18-19H2,1-3H3/b21-16-. The van der Waals surface area contributed by atoms with E-state index in [4.69, 9.17) is 21.5 Å². The minimum Gasteiger partial charge on any atom is -0.393 e. The normalized spacial score (nSPS) is 13.3. The number of nitrogens with zero attached hydrogens (tertiary/aromatic N) is 4. The number of aryl methyl sites for hydroxylation is 3. The number of aliphatic hydroxyl groups excluding tert-OH is 1. The second-order valence-electron chi connectivity index (χ2n) is 6.72. The molecule has 0 spiro atoms. The third kappa shape index (κ3) is 5.69. The van der Waals surface area contributed by atoms with Crippen LogP contribution in [-0.2, 0) is 11.1 Å². The van der Waals surface area contributed by atoms with Gasteiger partial charge in [0.1, 0.15) is 0 Å². The number of rotatable bonds is 8. The predicted octanol–water partition coefficient (Wildman–Crippen LogP) is -0.192. The van der Waals surface area contributed by atoms with Gasteiger partial charge in [0.2, 0.25) is 0 Å². The summed E-state index contributed by atoms with van der Waals surface area (Å²) < 4.78 is 6.18. The van der Waals surface area contributed by atoms with Crippen LogP contribution >= 0.6 is 8.60 Å². The summed E-state index contributed by atoms with van der Waals surface area (Å²) in [5.74, 6) is 11.2. The lowest BCUT2D eigenvalue weighted by Gasteiger charge is -2.18. The fourth-order valence-electron chi connectivity index (χ4n) is 2.88. The van der Waals surface area contributed by atoms with Crippen LogP contribution in [0.3, 0.4) is 0 Å². The number of benzene rings is 1. The number of hydrazine groups is 1. The van der Waals surface area contributed by atoms with Gasteiger partial charge in [-0.15, -0.1) is 0 Å². The molecule has 0 amide bonds. The zero-order valence-electron chi connectivity index (χ0n) is 16.6. The Morgan fingerprint density at radius 2 is 2.00 bits per heavy atom. The third-order valence-electron chi connectivity index (χ3n) is 4.57. The van der Waals surface area contributed by atoms with Gasteiger partial charge in [0.05, 0.1) is 23.7 Å². The quantitative estimate of drug-likeness (QED) is 0.126. The highest BCUT2D eigenvalue weighted by Crippen LogP contribution is 2.24. The molecule has 12 heteroatoms. The molecule has 0 radical (unpaired) electrons. The van der Waals surface area contributed by atoms with Crippen LogP contribution in [0.15, 0.2) is 22.0 Å². The Morgan fingerprint density at radius 1 is 1.34 bits per heavy atom. The second kappa shape index (κ2) is 10.1. The van der Waals surface area contributed by atoms with Gasteiger partial charge in [0, 0.05) is 13.6 Å². The summed E-state index contributed by atoms with van der Waals surface area (Å²) in [5.41, 5.74) is 2.79. The van der Waals surface area contributed by atoms with Crippen LogP contribution in [0.1, 0.15) is 29.7 Å². The molecule has 29 heavy (non-hydrogen) atoms. The van der Waals surface area contributed by atoms with Crippen molar-refractivity contribution < 1.29 is 19.4 Å². The number of hydrogen-bond donors (Lipinski definition) is 5. The Kier molecular flexibility index (Phi) is 8.03. The van der Waals surface area contributed by atoms with E-state index in [1.807, 2.05) is 26.0 Å². The topological polar surface area (TPSA) is 172 Å². The SMILES string of the molecule is Cc1cc2nc(/C(=N/N)N(C)N)c(=O)n(CCC(O)CCOP(O)O)c2cc1C. The molecule has 0 fully saturated rings. The van der Waals surface area contributed by atoms with Crippen molar-refractivity contribution in [3.8, 4) is 0 Å². The van der Waals surface area contributed by atoms with Gasteiger partial charge in [0.25, 0.3) is 5.56 Å². The van der Waals surface area contributed by atoms with Crippen molar-refractivity contribution in [2.75, 3.05) is 13.7 Å². The molecule has 0 aliphatic heterocycles. The molecule has 2 rings (SSSR count). The van der Waals surface area contributed by atoms with Crippen LogP contribution in [0.2, 0.25) is 0 Å². The minimum atomic E-state index is -2.46. The van der Waals surface area contributed by atoms with Gasteiger partial charge in [-0.3, -0.25) is 9.80 Å². The number of hydrogen-bond acceptors (Lipinski definition) is 9. The van der Waals surface area contributed by atoms with Gasteiger partial charge >= 0.3 is 8.60 Å². The zero-order chi connectivity index (χ0) is 21.7. The van der Waals surface area contributed by atoms with Gasteiger partial charge in [-0.1, -0.05) is 0 Å². The Hall–Kier alpha value is -2.14. The highest BCUT2D eigenvalue weighted by Gasteiger charge is 2.19. The Bertz CT molecular complexity index is 946. The summed E-state index contributed by atoms with van der Waals surface area (Å²) in [5, 5.41) is 14.9. The van der Waals surface area contributed by atoms with Crippen LogP contribution in [0.25, 0.3) is 11.0 Å². The van der Waals surface area contributed by atoms with Crippen molar-refractivity contribution in [3.05, 3.63) is 39.3 Å². The highest BCUT2D eigenvalue weighted by atomic mass is 31.2. The lowest BCUT2D eigenvalue weighted by Crippen LogP contribution is -2.41. The van der Waals surface area contributed by atoms with Gasteiger partial charge in [-0.25, -0.2) is 10.8 Å². The molecule has 0 aliphatic rings. The Morgan fingerprint density at radius 3 is 2.59 bits per heavy atom. The van der Waals surface area contributed by atoms with Crippen molar-refractivity contribution in [2.24, 2.45) is 16.8 Å². The van der Waals surface area contributed by atoms with Crippen molar-refractivity contribution in [2.45, 2.75) is 39.3 Å². The smallest absolute Gasteiger partial charge is 0.327 e. The molecule has 1 atom stereocenters. The monoisotopic (exact) mass is 426 g/mol. The molecular formula is C17H27N6O5P. The van der Waals surface area contributed by atoms with E-state index in [9.17, 15) is 9.90 Å². The first-order valence-electron chi connectivity index (χ1n) is 8.93. The first-order chi connectivity index (χ1) is 13.6. The number of aliphatic hydroxyl groups is 1. The van der Waals surface area contributed by atoms with Crippen molar-refractivity contribution in [3.63, 3.8) is 0 Å². The number of fused-ring (bicyclic) bond motifs is 1. The Balaban J connectivity index is 2.44. The maximum Gasteiger partial charge on any atom is 0.327 e. The molecule has 1 heterocycles. The maximum absolute atomic E-state index is 13.1. The predicted molar refractivity (Wildman–Crippen MR) is 111 cm³/mol. The highest BCUT2D eigenvalue weighted by molar-refractivity contribution is 7.39. The summed E-state index contributed by atoms with van der Waals surface area (Å²) in [6.07, 6.45) is -0.351. The number of amidine groups is 1. The first-order valence-corrected chi connectivity index (χ1v) is 10.1. The molecular weight excluding hydrogens is 399 g/mol. The summed E-state index contributed by atoms with van der Waals surface area (Å²) in [7, 11) is -0.953. The van der Waals surface area contributed by atoms with E-state index < -0.39 is 20.3 Å². The summed E-state index contributed by atoms with van der Waals surface area (Å²) in [4.78, 5) is 35.0. The average molecular weight is 426 g/mol. The van der Waals surface area contributed by atoms with Crippen LogP contribution in [0, 0.1) is 13.8 Å². The fourth-order valence-corrected chi connectivity index (χ4v) is 3.15. The fraction of sp³-hybridized carbons (Fsp3) is 0.471. The van der Waals surface area contributed by atoms with Crippen molar-refractivity contribution in [1.82, 2.24) is 14.6 Å². The van der Waals surface area contributed by atoms with Gasteiger partial charge in [-0.05, 0) is 49.9 Å². The maximum atomic E-state index is 13.1. The largest absolute Gasteiger partial charge is 0.393 e. The molecule has 160 valence electrons. The average Bonchev–Trinajstić information content (AvgIpc) is 2.63. The zero-order valence-corrected chi connectivity index (χ0v) is 17.5. The third-order valence-corrected chi connectivity index (χ3v) is 4.99. The summed E-state index contributed by atoms with van der Waals surface area (Å²) >= 11 is 0. The van der Waals surface area contributed by atoms with Gasteiger partial charge in [0.15, 0.2) is 11.5 Å². The van der Waals surface area contributed by atoms with E-state index in [1.54, 1.807) is 0 Å². The van der Waals surface area contributed by atoms with Crippen LogP contribution < -0.4 is 17.2 Å². The van der Waals surface area contributed by atoms with E-state index in [1.165, 1.54) is 11.6 Å². The molecule has 2 aromatic rings. The van der Waals surface area contributed by atoms with E-state index in [0.717, 1.165) is 16.1 Å². The lowest BCUT2D eigenvalue weighted by molar-refractivity contribution is 0.122. The number of nitrogens with two attached hydrogens (primary N) is 2. The second-order valence-corrected chi connectivity index (χ2v) is 7.49. The molecule has 1 aromatic carbocycles. The molecule has 0 aliphatic carbocycles. The molecule has 0 bridgehead atoms. The summed E-state index contributed by atoms with van der Waals surface area (Å²) in [6, 6.07) is 3.73.